The summed E-state index contributed by atoms with van der Waals surface area (Å²) in [4.78, 5) is 4.40. The Morgan fingerprint density at radius 2 is 1.54 bits per heavy atom. The van der Waals surface area contributed by atoms with Gasteiger partial charge in [-0.3, -0.25) is 4.99 Å². The highest BCUT2D eigenvalue weighted by atomic mass is 19.1. The maximum absolute atomic E-state index is 13.1. The average Bonchev–Trinajstić information content (AvgIpc) is 2.99. The van der Waals surface area contributed by atoms with Gasteiger partial charge in [-0.1, -0.05) is 0 Å². The summed E-state index contributed by atoms with van der Waals surface area (Å²) in [6.45, 7) is 0. The van der Waals surface area contributed by atoms with E-state index in [0.717, 1.165) is 16.5 Å². The minimum Gasteiger partial charge on any atom is -0.508 e. The number of nitrogens with zero attached hydrogens (tertiary/aromatic N) is 1. The zero-order valence-electron chi connectivity index (χ0n) is 13.6. The van der Waals surface area contributed by atoms with Gasteiger partial charge < -0.3 is 14.6 Å². The van der Waals surface area contributed by atoms with Crippen LogP contribution < -0.4 is 0 Å². The number of hydrogen-bond donors (Lipinski definition) is 2. The highest BCUT2D eigenvalue weighted by Crippen LogP contribution is 2.35. The van der Waals surface area contributed by atoms with Crippen molar-refractivity contribution >= 4 is 22.9 Å². The van der Waals surface area contributed by atoms with Gasteiger partial charge in [0, 0.05) is 28.8 Å². The highest BCUT2D eigenvalue weighted by molar-refractivity contribution is 6.05. The van der Waals surface area contributed by atoms with Gasteiger partial charge in [0.25, 0.3) is 0 Å². The van der Waals surface area contributed by atoms with E-state index in [1.54, 1.807) is 54.7 Å². The third kappa shape index (κ3) is 3.02. The molecule has 0 aliphatic heterocycles. The lowest BCUT2D eigenvalue weighted by atomic mass is 10.1. The molecule has 26 heavy (non-hydrogen) atoms. The van der Waals surface area contributed by atoms with Crippen molar-refractivity contribution < 1.29 is 19.0 Å². The quantitative estimate of drug-likeness (QED) is 0.488. The van der Waals surface area contributed by atoms with E-state index in [2.05, 4.69) is 4.99 Å². The fraction of sp³-hybridized carbons (Fsp3) is 0. The van der Waals surface area contributed by atoms with E-state index in [-0.39, 0.29) is 17.3 Å². The van der Waals surface area contributed by atoms with Crippen LogP contribution in [0.5, 0.6) is 11.5 Å². The molecule has 0 fully saturated rings. The maximum atomic E-state index is 13.1. The Bertz CT molecular complexity index is 1100. The topological polar surface area (TPSA) is 66.0 Å². The predicted molar refractivity (Wildman–Crippen MR) is 98.6 cm³/mol. The van der Waals surface area contributed by atoms with Crippen LogP contribution in [0.3, 0.4) is 0 Å². The molecule has 4 aromatic rings. The first-order valence-electron chi connectivity index (χ1n) is 7.95. The molecular formula is C21H14FNO3. The lowest BCUT2D eigenvalue weighted by Crippen LogP contribution is -1.84. The molecule has 0 atom stereocenters. The molecule has 0 bridgehead atoms. The number of phenols is 2. The molecule has 0 saturated heterocycles. The second-order valence-corrected chi connectivity index (χ2v) is 5.81. The van der Waals surface area contributed by atoms with Gasteiger partial charge in [0.1, 0.15) is 28.7 Å². The number of rotatable bonds is 3. The second kappa shape index (κ2) is 6.37. The summed E-state index contributed by atoms with van der Waals surface area (Å²) in [7, 11) is 0. The van der Waals surface area contributed by atoms with Gasteiger partial charge in [0.15, 0.2) is 0 Å². The number of benzene rings is 3. The standard InChI is InChI=1S/C21H14FNO3/c22-14-3-5-15(6-4-14)23-12-19-18-10-9-17(25)11-20(18)26-21(19)13-1-7-16(24)8-2-13/h1-12,24-25H. The Kier molecular flexibility index (Phi) is 3.89. The molecule has 0 spiro atoms. The summed E-state index contributed by atoms with van der Waals surface area (Å²) in [5, 5.41) is 20.0. The molecule has 1 heterocycles. The van der Waals surface area contributed by atoms with Crippen molar-refractivity contribution in [3.63, 3.8) is 0 Å². The van der Waals surface area contributed by atoms with Crippen molar-refractivity contribution in [2.24, 2.45) is 4.99 Å². The van der Waals surface area contributed by atoms with Gasteiger partial charge >= 0.3 is 0 Å². The number of halogens is 1. The van der Waals surface area contributed by atoms with Crippen LogP contribution >= 0.6 is 0 Å². The molecule has 128 valence electrons. The molecule has 0 saturated carbocycles. The first-order chi connectivity index (χ1) is 12.6. The molecule has 0 amide bonds. The normalized spacial score (nSPS) is 11.4. The molecule has 0 radical (unpaired) electrons. The van der Waals surface area contributed by atoms with Crippen molar-refractivity contribution in [3.05, 3.63) is 78.1 Å². The average molecular weight is 347 g/mol. The molecule has 5 heteroatoms. The molecule has 0 aliphatic rings. The van der Waals surface area contributed by atoms with Gasteiger partial charge in [0.2, 0.25) is 0 Å². The van der Waals surface area contributed by atoms with E-state index < -0.39 is 0 Å². The fourth-order valence-electron chi connectivity index (χ4n) is 2.73. The number of fused-ring (bicyclic) bond motifs is 1. The van der Waals surface area contributed by atoms with Crippen molar-refractivity contribution in [2.45, 2.75) is 0 Å². The fourth-order valence-corrected chi connectivity index (χ4v) is 2.73. The van der Waals surface area contributed by atoms with Crippen molar-refractivity contribution in [2.75, 3.05) is 0 Å². The van der Waals surface area contributed by atoms with E-state index in [1.165, 1.54) is 18.2 Å². The van der Waals surface area contributed by atoms with Crippen LogP contribution in [0, 0.1) is 5.82 Å². The van der Waals surface area contributed by atoms with Gasteiger partial charge in [-0.05, 0) is 60.7 Å². The van der Waals surface area contributed by atoms with Gasteiger partial charge in [0.05, 0.1) is 5.69 Å². The van der Waals surface area contributed by atoms with Crippen molar-refractivity contribution in [1.29, 1.82) is 0 Å². The lowest BCUT2D eigenvalue weighted by molar-refractivity contribution is 0.474. The smallest absolute Gasteiger partial charge is 0.144 e. The molecule has 1 aromatic heterocycles. The van der Waals surface area contributed by atoms with Crippen LogP contribution in [0.4, 0.5) is 10.1 Å². The number of hydrogen-bond acceptors (Lipinski definition) is 4. The zero-order chi connectivity index (χ0) is 18.1. The second-order valence-electron chi connectivity index (χ2n) is 5.81. The molecule has 4 rings (SSSR count). The minimum atomic E-state index is -0.321. The Labute approximate surface area is 148 Å². The summed E-state index contributed by atoms with van der Waals surface area (Å²) >= 11 is 0. The minimum absolute atomic E-state index is 0.102. The van der Waals surface area contributed by atoms with Crippen molar-refractivity contribution in [1.82, 2.24) is 0 Å². The maximum Gasteiger partial charge on any atom is 0.144 e. The third-order valence-corrected chi connectivity index (χ3v) is 4.01. The summed E-state index contributed by atoms with van der Waals surface area (Å²) in [6, 6.07) is 17.3. The largest absolute Gasteiger partial charge is 0.508 e. The van der Waals surface area contributed by atoms with Gasteiger partial charge in [-0.25, -0.2) is 4.39 Å². The Morgan fingerprint density at radius 3 is 2.27 bits per heavy atom. The number of phenolic OH excluding ortho intramolecular Hbond substituents is 2. The zero-order valence-corrected chi connectivity index (χ0v) is 13.6. The highest BCUT2D eigenvalue weighted by Gasteiger charge is 2.15. The lowest BCUT2D eigenvalue weighted by Gasteiger charge is -2.00. The van der Waals surface area contributed by atoms with Crippen LogP contribution in [-0.4, -0.2) is 16.4 Å². The van der Waals surface area contributed by atoms with Crippen LogP contribution in [-0.2, 0) is 0 Å². The number of aromatic hydroxyl groups is 2. The number of furan rings is 1. The van der Waals surface area contributed by atoms with Crippen LogP contribution in [0.2, 0.25) is 0 Å². The van der Waals surface area contributed by atoms with Crippen LogP contribution in [0.15, 0.2) is 76.1 Å². The van der Waals surface area contributed by atoms with Crippen molar-refractivity contribution in [3.8, 4) is 22.8 Å². The molecule has 3 aromatic carbocycles. The van der Waals surface area contributed by atoms with E-state index in [4.69, 9.17) is 4.42 Å². The van der Waals surface area contributed by atoms with E-state index in [0.29, 0.717) is 17.0 Å². The van der Waals surface area contributed by atoms with Gasteiger partial charge in [-0.2, -0.15) is 0 Å². The Morgan fingerprint density at radius 1 is 0.846 bits per heavy atom. The first kappa shape index (κ1) is 15.9. The van der Waals surface area contributed by atoms with Crippen LogP contribution in [0.1, 0.15) is 5.56 Å². The van der Waals surface area contributed by atoms with Gasteiger partial charge in [-0.15, -0.1) is 0 Å². The van der Waals surface area contributed by atoms with E-state index >= 15 is 0 Å². The Hall–Kier alpha value is -3.60. The molecule has 2 N–H and O–H groups in total. The van der Waals surface area contributed by atoms with E-state index in [9.17, 15) is 14.6 Å². The summed E-state index contributed by atoms with van der Waals surface area (Å²) in [5.74, 6) is 0.504. The summed E-state index contributed by atoms with van der Waals surface area (Å²) in [6.07, 6.45) is 1.65. The van der Waals surface area contributed by atoms with E-state index in [1.807, 2.05) is 0 Å². The molecule has 0 aliphatic carbocycles. The monoisotopic (exact) mass is 347 g/mol. The molecule has 4 nitrogen and oxygen atoms in total. The summed E-state index contributed by atoms with van der Waals surface area (Å²) < 4.78 is 19.0. The Balaban J connectivity index is 1.86. The van der Waals surface area contributed by atoms with Crippen LogP contribution in [0.25, 0.3) is 22.3 Å². The third-order valence-electron chi connectivity index (χ3n) is 4.01. The molecular weight excluding hydrogens is 333 g/mol. The predicted octanol–water partition coefficient (Wildman–Crippen LogP) is 5.40. The first-order valence-corrected chi connectivity index (χ1v) is 7.95. The molecule has 0 unspecified atom stereocenters. The number of aliphatic imine (C=N–C) groups is 1. The summed E-state index contributed by atoms with van der Waals surface area (Å²) in [5.41, 5.74) is 2.62. The SMILES string of the molecule is Oc1ccc(-c2oc3cc(O)ccc3c2C=Nc2ccc(F)cc2)cc1.